The van der Waals surface area contributed by atoms with Crippen molar-refractivity contribution in [1.82, 2.24) is 19.9 Å². The van der Waals surface area contributed by atoms with E-state index in [4.69, 9.17) is 0 Å². The molecular formula is C11H7BrFN5. The van der Waals surface area contributed by atoms with E-state index < -0.39 is 6.08 Å². The van der Waals surface area contributed by atoms with Crippen LogP contribution < -0.4 is 5.32 Å². The first-order chi connectivity index (χ1) is 8.74. The number of hydrogen-bond donors (Lipinski definition) is 2. The Morgan fingerprint density at radius 1 is 1.22 bits per heavy atom. The third kappa shape index (κ3) is 1.92. The highest BCUT2D eigenvalue weighted by atomic mass is 79.9. The number of fused-ring (bicyclic) bond motifs is 1. The molecule has 0 aliphatic carbocycles. The summed E-state index contributed by atoms with van der Waals surface area (Å²) >= 11 is 3.40. The van der Waals surface area contributed by atoms with Gasteiger partial charge < -0.3 is 10.3 Å². The predicted molar refractivity (Wildman–Crippen MR) is 69.1 cm³/mol. The number of para-hydroxylation sites is 1. The van der Waals surface area contributed by atoms with Gasteiger partial charge in [0.1, 0.15) is 5.52 Å². The molecule has 90 valence electrons. The highest BCUT2D eigenvalue weighted by Gasteiger charge is 2.10. The number of benzene rings is 1. The van der Waals surface area contributed by atoms with Crippen molar-refractivity contribution in [3.63, 3.8) is 0 Å². The second-order valence-electron chi connectivity index (χ2n) is 3.55. The summed E-state index contributed by atoms with van der Waals surface area (Å²) in [5, 5.41) is 3.03. The van der Waals surface area contributed by atoms with Crippen LogP contribution in [0.25, 0.3) is 11.2 Å². The summed E-state index contributed by atoms with van der Waals surface area (Å²) in [6.45, 7) is 0. The van der Waals surface area contributed by atoms with Crippen molar-refractivity contribution in [2.45, 2.75) is 0 Å². The lowest BCUT2D eigenvalue weighted by Crippen LogP contribution is -1.99. The summed E-state index contributed by atoms with van der Waals surface area (Å²) in [6, 6.07) is 7.49. The molecule has 0 unspecified atom stereocenters. The molecule has 1 aromatic carbocycles. The smallest absolute Gasteiger partial charge is 0.312 e. The van der Waals surface area contributed by atoms with Crippen LogP contribution >= 0.6 is 15.9 Å². The van der Waals surface area contributed by atoms with Crippen LogP contribution in [-0.2, 0) is 0 Å². The molecule has 18 heavy (non-hydrogen) atoms. The summed E-state index contributed by atoms with van der Waals surface area (Å²) in [4.78, 5) is 14.1. The minimum absolute atomic E-state index is 0.289. The van der Waals surface area contributed by atoms with Gasteiger partial charge in [-0.1, -0.05) is 12.1 Å². The monoisotopic (exact) mass is 307 g/mol. The Balaban J connectivity index is 2.10. The Morgan fingerprint density at radius 3 is 2.89 bits per heavy atom. The first-order valence-electron chi connectivity index (χ1n) is 5.12. The second kappa shape index (κ2) is 4.34. The molecule has 3 aromatic rings. The number of hydrogen-bond acceptors (Lipinski definition) is 4. The summed E-state index contributed by atoms with van der Waals surface area (Å²) in [5.41, 5.74) is 1.63. The summed E-state index contributed by atoms with van der Waals surface area (Å²) in [6.07, 6.45) is 0.633. The molecule has 7 heteroatoms. The van der Waals surface area contributed by atoms with Crippen molar-refractivity contribution in [1.29, 1.82) is 0 Å². The molecule has 0 saturated heterocycles. The number of aromatic amines is 1. The Labute approximate surface area is 110 Å². The predicted octanol–water partition coefficient (Wildman–Crippen LogP) is 3.00. The van der Waals surface area contributed by atoms with Crippen LogP contribution in [0.4, 0.5) is 15.9 Å². The van der Waals surface area contributed by atoms with Crippen molar-refractivity contribution >= 4 is 38.6 Å². The van der Waals surface area contributed by atoms with Gasteiger partial charge in [0.05, 0.1) is 12.0 Å². The SMILES string of the molecule is Fc1nc(Nc2ccccc2Br)c2[nH]cnc2n1. The zero-order valence-electron chi connectivity index (χ0n) is 8.98. The minimum Gasteiger partial charge on any atom is -0.340 e. The van der Waals surface area contributed by atoms with E-state index in [1.807, 2.05) is 24.3 Å². The van der Waals surface area contributed by atoms with Crippen LogP contribution in [0.5, 0.6) is 0 Å². The average molecular weight is 308 g/mol. The molecule has 5 nitrogen and oxygen atoms in total. The van der Waals surface area contributed by atoms with Gasteiger partial charge in [-0.05, 0) is 28.1 Å². The molecule has 0 aliphatic rings. The van der Waals surface area contributed by atoms with Crippen molar-refractivity contribution in [2.24, 2.45) is 0 Å². The summed E-state index contributed by atoms with van der Waals surface area (Å²) in [5.74, 6) is 0.349. The lowest BCUT2D eigenvalue weighted by atomic mass is 10.3. The van der Waals surface area contributed by atoms with Gasteiger partial charge in [0.2, 0.25) is 0 Å². The highest BCUT2D eigenvalue weighted by molar-refractivity contribution is 9.10. The number of halogens is 2. The number of nitrogens with zero attached hydrogens (tertiary/aromatic N) is 3. The van der Waals surface area contributed by atoms with E-state index in [0.29, 0.717) is 11.3 Å². The number of aromatic nitrogens is 4. The molecule has 2 aromatic heterocycles. The molecule has 0 atom stereocenters. The van der Waals surface area contributed by atoms with Gasteiger partial charge in [-0.15, -0.1) is 0 Å². The standard InChI is InChI=1S/C11H7BrFN5/c12-6-3-1-2-4-7(6)16-10-8-9(15-5-14-8)17-11(13)18-10/h1-5H,(H2,14,15,16,17,18). The van der Waals surface area contributed by atoms with Crippen LogP contribution in [0.1, 0.15) is 0 Å². The third-order valence-electron chi connectivity index (χ3n) is 2.39. The van der Waals surface area contributed by atoms with Gasteiger partial charge in [-0.2, -0.15) is 14.4 Å². The fraction of sp³-hybridized carbons (Fsp3) is 0. The number of nitrogens with one attached hydrogen (secondary N) is 2. The van der Waals surface area contributed by atoms with Gasteiger partial charge in [0, 0.05) is 4.47 Å². The maximum Gasteiger partial charge on any atom is 0.312 e. The largest absolute Gasteiger partial charge is 0.340 e. The van der Waals surface area contributed by atoms with Gasteiger partial charge in [0.15, 0.2) is 11.5 Å². The molecule has 0 fully saturated rings. The highest BCUT2D eigenvalue weighted by Crippen LogP contribution is 2.26. The number of rotatable bonds is 2. The second-order valence-corrected chi connectivity index (χ2v) is 4.40. The molecular weight excluding hydrogens is 301 g/mol. The lowest BCUT2D eigenvalue weighted by molar-refractivity contribution is 0.545. The maximum atomic E-state index is 13.3. The average Bonchev–Trinajstić information content (AvgIpc) is 2.80. The Morgan fingerprint density at radius 2 is 2.06 bits per heavy atom. The first kappa shape index (κ1) is 11.1. The van der Waals surface area contributed by atoms with E-state index in [-0.39, 0.29) is 5.65 Å². The van der Waals surface area contributed by atoms with E-state index in [1.54, 1.807) is 0 Å². The third-order valence-corrected chi connectivity index (χ3v) is 3.08. The van der Waals surface area contributed by atoms with E-state index in [1.165, 1.54) is 6.33 Å². The van der Waals surface area contributed by atoms with Gasteiger partial charge in [0.25, 0.3) is 0 Å². The van der Waals surface area contributed by atoms with Crippen LogP contribution in [-0.4, -0.2) is 19.9 Å². The fourth-order valence-corrected chi connectivity index (χ4v) is 1.97. The molecule has 2 heterocycles. The minimum atomic E-state index is -0.816. The van der Waals surface area contributed by atoms with Gasteiger partial charge in [-0.25, -0.2) is 4.98 Å². The molecule has 3 rings (SSSR count). The number of H-pyrrole nitrogens is 1. The Bertz CT molecular complexity index is 711. The number of imidazole rings is 1. The van der Waals surface area contributed by atoms with E-state index in [9.17, 15) is 4.39 Å². The van der Waals surface area contributed by atoms with Crippen LogP contribution in [0.2, 0.25) is 0 Å². The molecule has 2 N–H and O–H groups in total. The topological polar surface area (TPSA) is 66.5 Å². The van der Waals surface area contributed by atoms with Crippen molar-refractivity contribution < 1.29 is 4.39 Å². The van der Waals surface area contributed by atoms with Gasteiger partial charge in [-0.3, -0.25) is 0 Å². The van der Waals surface area contributed by atoms with E-state index in [0.717, 1.165) is 10.2 Å². The summed E-state index contributed by atoms with van der Waals surface area (Å²) in [7, 11) is 0. The van der Waals surface area contributed by atoms with Crippen LogP contribution in [0, 0.1) is 6.08 Å². The first-order valence-corrected chi connectivity index (χ1v) is 5.91. The lowest BCUT2D eigenvalue weighted by Gasteiger charge is -2.07. The fourth-order valence-electron chi connectivity index (χ4n) is 1.59. The quantitative estimate of drug-likeness (QED) is 0.714. The maximum absolute atomic E-state index is 13.3. The normalized spacial score (nSPS) is 10.8. The van der Waals surface area contributed by atoms with Crippen molar-refractivity contribution in [2.75, 3.05) is 5.32 Å². The van der Waals surface area contributed by atoms with Gasteiger partial charge >= 0.3 is 6.08 Å². The van der Waals surface area contributed by atoms with Crippen LogP contribution in [0.3, 0.4) is 0 Å². The van der Waals surface area contributed by atoms with E-state index in [2.05, 4.69) is 41.2 Å². The van der Waals surface area contributed by atoms with Crippen molar-refractivity contribution in [3.05, 3.63) is 41.1 Å². The molecule has 0 amide bonds. The summed E-state index contributed by atoms with van der Waals surface area (Å²) < 4.78 is 14.1. The zero-order chi connectivity index (χ0) is 12.5. The Kier molecular flexibility index (Phi) is 2.67. The molecule has 0 saturated carbocycles. The van der Waals surface area contributed by atoms with Crippen LogP contribution in [0.15, 0.2) is 35.1 Å². The molecule has 0 bridgehead atoms. The molecule has 0 radical (unpaired) electrons. The van der Waals surface area contributed by atoms with Crippen molar-refractivity contribution in [3.8, 4) is 0 Å². The van der Waals surface area contributed by atoms with E-state index >= 15 is 0 Å². The Hall–Kier alpha value is -2.02. The molecule has 0 spiro atoms. The molecule has 0 aliphatic heterocycles. The number of anilines is 2. The zero-order valence-corrected chi connectivity index (χ0v) is 10.6.